The number of hydrogen-bond donors (Lipinski definition) is 2. The van der Waals surface area contributed by atoms with Gasteiger partial charge in [-0.1, -0.05) is 20.8 Å². The van der Waals surface area contributed by atoms with Crippen molar-refractivity contribution in [1.29, 1.82) is 0 Å². The predicted octanol–water partition coefficient (Wildman–Crippen LogP) is 1.51. The molecule has 0 fully saturated rings. The highest BCUT2D eigenvalue weighted by Gasteiger charge is 2.30. The van der Waals surface area contributed by atoms with Gasteiger partial charge in [-0.25, -0.2) is 9.78 Å². The van der Waals surface area contributed by atoms with Crippen molar-refractivity contribution in [2.45, 2.75) is 26.2 Å². The summed E-state index contributed by atoms with van der Waals surface area (Å²) in [5, 5.41) is 9.19. The Kier molecular flexibility index (Phi) is 2.30. The molecule has 0 aliphatic carbocycles. The van der Waals surface area contributed by atoms with Crippen LogP contribution in [0.15, 0.2) is 15.5 Å². The first-order valence-electron chi connectivity index (χ1n) is 5.06. The van der Waals surface area contributed by atoms with Crippen LogP contribution in [0.25, 0.3) is 11.1 Å². The second-order valence-electron chi connectivity index (χ2n) is 4.77. The third kappa shape index (κ3) is 1.71. The van der Waals surface area contributed by atoms with E-state index in [1.54, 1.807) is 0 Å². The van der Waals surface area contributed by atoms with Gasteiger partial charge in [-0.3, -0.25) is 4.79 Å². The number of carbonyl (C=O) groups is 1. The van der Waals surface area contributed by atoms with Crippen molar-refractivity contribution in [3.63, 3.8) is 0 Å². The van der Waals surface area contributed by atoms with Gasteiger partial charge >= 0.3 is 5.97 Å². The second kappa shape index (κ2) is 3.44. The van der Waals surface area contributed by atoms with E-state index in [2.05, 4.69) is 9.97 Å². The molecule has 0 saturated heterocycles. The lowest BCUT2D eigenvalue weighted by atomic mass is 9.90. The Hall–Kier alpha value is -2.11. The smallest absolute Gasteiger partial charge is 0.340 e. The molecule has 2 heterocycles. The van der Waals surface area contributed by atoms with Crippen LogP contribution in [0.2, 0.25) is 0 Å². The summed E-state index contributed by atoms with van der Waals surface area (Å²) in [6.45, 7) is 5.43. The minimum Gasteiger partial charge on any atom is -0.478 e. The largest absolute Gasteiger partial charge is 0.478 e. The number of rotatable bonds is 1. The number of aromatic carboxylic acids is 1. The normalized spacial score (nSPS) is 11.9. The number of carboxylic acid groups (broad SMARTS) is 1. The Bertz CT molecular complexity index is 646. The molecule has 0 aromatic carbocycles. The fraction of sp³-hybridized carbons (Fsp3) is 0.364. The maximum Gasteiger partial charge on any atom is 0.340 e. The number of fused-ring (bicyclic) bond motifs is 1. The Morgan fingerprint density at radius 2 is 2.12 bits per heavy atom. The molecule has 0 saturated carbocycles. The van der Waals surface area contributed by atoms with Gasteiger partial charge in [0.05, 0.1) is 6.33 Å². The van der Waals surface area contributed by atoms with Crippen LogP contribution in [-0.4, -0.2) is 21.0 Å². The van der Waals surface area contributed by atoms with Crippen LogP contribution in [0.4, 0.5) is 0 Å². The molecule has 0 amide bonds. The quantitative estimate of drug-likeness (QED) is 0.782. The van der Waals surface area contributed by atoms with Gasteiger partial charge in [-0.05, 0) is 0 Å². The van der Waals surface area contributed by atoms with Crippen molar-refractivity contribution in [2.24, 2.45) is 0 Å². The van der Waals surface area contributed by atoms with E-state index in [0.29, 0.717) is 0 Å². The molecule has 0 atom stereocenters. The lowest BCUT2D eigenvalue weighted by Crippen LogP contribution is -2.16. The zero-order valence-corrected chi connectivity index (χ0v) is 9.70. The Morgan fingerprint density at radius 3 is 2.65 bits per heavy atom. The standard InChI is InChI=1S/C11H12N2O4/c1-11(2,3)7-5(10(15)16)6-8(14)12-4-13-9(6)17-7/h4H,1-3H3,(H,15,16)(H,12,13,14). The number of H-pyrrole nitrogens is 1. The van der Waals surface area contributed by atoms with Gasteiger partial charge in [0.25, 0.3) is 5.56 Å². The first kappa shape index (κ1) is 11.4. The zero-order valence-electron chi connectivity index (χ0n) is 9.70. The van der Waals surface area contributed by atoms with E-state index >= 15 is 0 Å². The molecular weight excluding hydrogens is 224 g/mol. The molecule has 0 spiro atoms. The van der Waals surface area contributed by atoms with E-state index in [4.69, 9.17) is 4.42 Å². The number of nitrogens with one attached hydrogen (secondary N) is 1. The van der Waals surface area contributed by atoms with E-state index < -0.39 is 16.9 Å². The highest BCUT2D eigenvalue weighted by atomic mass is 16.4. The SMILES string of the molecule is CC(C)(C)c1oc2nc[nH]c(=O)c2c1C(=O)O. The van der Waals surface area contributed by atoms with Crippen LogP contribution < -0.4 is 5.56 Å². The molecule has 0 aliphatic rings. The van der Waals surface area contributed by atoms with Gasteiger partial charge in [0.2, 0.25) is 5.71 Å². The van der Waals surface area contributed by atoms with Crippen molar-refractivity contribution < 1.29 is 14.3 Å². The minimum atomic E-state index is -1.19. The van der Waals surface area contributed by atoms with Crippen molar-refractivity contribution in [3.8, 4) is 0 Å². The van der Waals surface area contributed by atoms with Crippen LogP contribution in [0.1, 0.15) is 36.9 Å². The topological polar surface area (TPSA) is 96.2 Å². The molecule has 6 nitrogen and oxygen atoms in total. The van der Waals surface area contributed by atoms with Crippen LogP contribution in [0.3, 0.4) is 0 Å². The Labute approximate surface area is 96.3 Å². The number of furan rings is 1. The average Bonchev–Trinajstić information content (AvgIpc) is 2.57. The summed E-state index contributed by atoms with van der Waals surface area (Å²) >= 11 is 0. The lowest BCUT2D eigenvalue weighted by molar-refractivity contribution is 0.0694. The summed E-state index contributed by atoms with van der Waals surface area (Å²) < 4.78 is 5.39. The van der Waals surface area contributed by atoms with Gasteiger partial charge in [0, 0.05) is 5.41 Å². The lowest BCUT2D eigenvalue weighted by Gasteiger charge is -2.15. The van der Waals surface area contributed by atoms with Crippen molar-refractivity contribution >= 4 is 17.1 Å². The first-order chi connectivity index (χ1) is 7.82. The molecule has 90 valence electrons. The molecular formula is C11H12N2O4. The molecule has 0 radical (unpaired) electrons. The second-order valence-corrected chi connectivity index (χ2v) is 4.77. The van der Waals surface area contributed by atoms with Gasteiger partial charge < -0.3 is 14.5 Å². The van der Waals surface area contributed by atoms with Gasteiger partial charge in [-0.15, -0.1) is 0 Å². The average molecular weight is 236 g/mol. The monoisotopic (exact) mass is 236 g/mol. The molecule has 0 unspecified atom stereocenters. The zero-order chi connectivity index (χ0) is 12.8. The number of aromatic amines is 1. The van der Waals surface area contributed by atoms with Gasteiger partial charge in [-0.2, -0.15) is 0 Å². The van der Waals surface area contributed by atoms with Crippen molar-refractivity contribution in [3.05, 3.63) is 28.0 Å². The minimum absolute atomic E-state index is 0.00933. The van der Waals surface area contributed by atoms with E-state index in [0.717, 1.165) is 0 Å². The number of nitrogens with zero attached hydrogens (tertiary/aromatic N) is 1. The summed E-state index contributed by atoms with van der Waals surface area (Å²) in [4.78, 5) is 29.1. The molecule has 0 aliphatic heterocycles. The highest BCUT2D eigenvalue weighted by molar-refractivity contribution is 6.02. The van der Waals surface area contributed by atoms with E-state index in [1.807, 2.05) is 20.8 Å². The van der Waals surface area contributed by atoms with E-state index in [1.165, 1.54) is 6.33 Å². The Balaban J connectivity index is 2.97. The number of hydrogen-bond acceptors (Lipinski definition) is 4. The Morgan fingerprint density at radius 1 is 1.47 bits per heavy atom. The third-order valence-corrected chi connectivity index (χ3v) is 2.39. The summed E-state index contributed by atoms with van der Waals surface area (Å²) in [6.07, 6.45) is 1.19. The van der Waals surface area contributed by atoms with Crippen LogP contribution >= 0.6 is 0 Å². The fourth-order valence-electron chi connectivity index (χ4n) is 1.67. The maximum atomic E-state index is 11.6. The van der Waals surface area contributed by atoms with Crippen molar-refractivity contribution in [2.75, 3.05) is 0 Å². The third-order valence-electron chi connectivity index (χ3n) is 2.39. The van der Waals surface area contributed by atoms with E-state index in [9.17, 15) is 14.7 Å². The summed E-state index contributed by atoms with van der Waals surface area (Å²) in [6, 6.07) is 0. The van der Waals surface area contributed by atoms with Crippen LogP contribution in [-0.2, 0) is 5.41 Å². The number of carboxylic acids is 1. The summed E-state index contributed by atoms with van der Waals surface area (Å²) in [5.41, 5.74) is -1.08. The van der Waals surface area contributed by atoms with E-state index in [-0.39, 0.29) is 22.4 Å². The van der Waals surface area contributed by atoms with Gasteiger partial charge in [0.15, 0.2) is 0 Å². The van der Waals surface area contributed by atoms with Crippen molar-refractivity contribution in [1.82, 2.24) is 9.97 Å². The molecule has 0 bridgehead atoms. The molecule has 2 aromatic heterocycles. The van der Waals surface area contributed by atoms with Crippen LogP contribution in [0.5, 0.6) is 0 Å². The summed E-state index contributed by atoms with van der Waals surface area (Å²) in [7, 11) is 0. The molecule has 2 rings (SSSR count). The first-order valence-corrected chi connectivity index (χ1v) is 5.06. The predicted molar refractivity (Wildman–Crippen MR) is 60.3 cm³/mol. The van der Waals surface area contributed by atoms with Gasteiger partial charge in [0.1, 0.15) is 16.7 Å². The maximum absolute atomic E-state index is 11.6. The molecule has 2 N–H and O–H groups in total. The van der Waals surface area contributed by atoms with Crippen LogP contribution in [0, 0.1) is 0 Å². The molecule has 6 heteroatoms. The highest BCUT2D eigenvalue weighted by Crippen LogP contribution is 2.31. The fourth-order valence-corrected chi connectivity index (χ4v) is 1.67. The summed E-state index contributed by atoms with van der Waals surface area (Å²) in [5.74, 6) is -0.934. The number of aromatic nitrogens is 2. The molecule has 17 heavy (non-hydrogen) atoms. The molecule has 2 aromatic rings.